The number of carbonyl (C=O) groups excluding carboxylic acids is 2. The fraction of sp³-hybridized carbons (Fsp3) is 0.692. The molecule has 0 radical (unpaired) electrons. The van der Waals surface area contributed by atoms with Crippen LogP contribution in [0, 0.1) is 5.82 Å². The predicted molar refractivity (Wildman–Crippen MR) is 127 cm³/mol. The van der Waals surface area contributed by atoms with E-state index in [1.54, 1.807) is 12.1 Å². The van der Waals surface area contributed by atoms with Crippen LogP contribution < -0.4 is 10.6 Å². The number of alkyl halides is 2. The van der Waals surface area contributed by atoms with Crippen LogP contribution in [0.1, 0.15) is 80.3 Å². The van der Waals surface area contributed by atoms with Gasteiger partial charge in [-0.25, -0.2) is 13.2 Å². The summed E-state index contributed by atoms with van der Waals surface area (Å²) in [6.07, 6.45) is 0.918. The Balaban J connectivity index is 1.43. The van der Waals surface area contributed by atoms with E-state index in [9.17, 15) is 23.5 Å². The first-order chi connectivity index (χ1) is 17.1. The minimum Gasteiger partial charge on any atom is -0.376 e. The Bertz CT molecular complexity index is 976. The van der Waals surface area contributed by atoms with Crippen molar-refractivity contribution in [2.24, 2.45) is 0 Å². The lowest BCUT2D eigenvalue weighted by Crippen LogP contribution is -2.55. The molecule has 7 nitrogen and oxygen atoms in total. The van der Waals surface area contributed by atoms with E-state index in [1.165, 1.54) is 11.8 Å². The molecule has 3 aliphatic rings. The maximum Gasteiger partial charge on any atom is 0.255 e. The second-order valence-electron chi connectivity index (χ2n) is 10.3. The van der Waals surface area contributed by atoms with Crippen LogP contribution >= 0.6 is 0 Å². The van der Waals surface area contributed by atoms with Gasteiger partial charge in [0.15, 0.2) is 0 Å². The first kappa shape index (κ1) is 26.9. The topological polar surface area (TPSA) is 90.9 Å². The third-order valence-corrected chi connectivity index (χ3v) is 7.70. The number of halogens is 3. The molecule has 3 aliphatic heterocycles. The summed E-state index contributed by atoms with van der Waals surface area (Å²) in [6, 6.07) is 2.40. The van der Waals surface area contributed by atoms with Gasteiger partial charge in [-0.1, -0.05) is 13.0 Å². The van der Waals surface area contributed by atoms with Gasteiger partial charge in [-0.3, -0.25) is 9.59 Å². The Kier molecular flexibility index (Phi) is 8.26. The number of ether oxygens (including phenoxy) is 1. The van der Waals surface area contributed by atoms with E-state index in [4.69, 9.17) is 4.74 Å². The van der Waals surface area contributed by atoms with E-state index in [-0.39, 0.29) is 66.9 Å². The molecule has 1 aromatic carbocycles. The van der Waals surface area contributed by atoms with Crippen LogP contribution in [0.4, 0.5) is 13.2 Å². The van der Waals surface area contributed by atoms with Crippen LogP contribution in [0.2, 0.25) is 0 Å². The molecule has 0 saturated carbocycles. The van der Waals surface area contributed by atoms with Crippen LogP contribution in [0.15, 0.2) is 12.1 Å². The number of amides is 2. The maximum atomic E-state index is 15.6. The third kappa shape index (κ3) is 5.86. The van der Waals surface area contributed by atoms with Gasteiger partial charge >= 0.3 is 0 Å². The zero-order valence-electron chi connectivity index (χ0n) is 20.9. The van der Waals surface area contributed by atoms with E-state index in [1.807, 2.05) is 6.92 Å². The van der Waals surface area contributed by atoms with Crippen molar-refractivity contribution in [2.45, 2.75) is 108 Å². The second-order valence-corrected chi connectivity index (χ2v) is 10.3. The van der Waals surface area contributed by atoms with E-state index in [0.29, 0.717) is 31.4 Å². The molecule has 3 N–H and O–H groups in total. The number of nitrogens with zero attached hydrogens (tertiary/aromatic N) is 1. The van der Waals surface area contributed by atoms with Crippen LogP contribution in [-0.2, 0) is 22.5 Å². The first-order valence-corrected chi connectivity index (χ1v) is 12.9. The minimum absolute atomic E-state index is 0.0291. The summed E-state index contributed by atoms with van der Waals surface area (Å²) in [4.78, 5) is 25.9. The molecular weight excluding hydrogens is 475 g/mol. The second kappa shape index (κ2) is 11.1. The van der Waals surface area contributed by atoms with Crippen molar-refractivity contribution >= 4 is 11.8 Å². The SMILES string of the molecule is CCC(F)(F)CCC(C)N[C@H]1CCCO[C@@H]1Cc1ccc2c(c1F)CN([C@@H]1CCC(=O)NC1O)C2=O. The number of nitrogens with one attached hydrogen (secondary N) is 2. The molecule has 36 heavy (non-hydrogen) atoms. The van der Waals surface area contributed by atoms with Crippen LogP contribution in [0.5, 0.6) is 0 Å². The number of fused-ring (bicyclic) bond motifs is 1. The Labute approximate surface area is 209 Å². The lowest BCUT2D eigenvalue weighted by molar-refractivity contribution is -0.129. The third-order valence-electron chi connectivity index (χ3n) is 7.70. The summed E-state index contributed by atoms with van der Waals surface area (Å²) < 4.78 is 48.9. The number of aliphatic hydroxyl groups excluding tert-OH is 1. The van der Waals surface area contributed by atoms with Crippen LogP contribution in [0.25, 0.3) is 0 Å². The van der Waals surface area contributed by atoms with E-state index < -0.39 is 24.0 Å². The van der Waals surface area contributed by atoms with Gasteiger partial charge in [0.2, 0.25) is 11.8 Å². The van der Waals surface area contributed by atoms with Crippen molar-refractivity contribution in [3.63, 3.8) is 0 Å². The molecule has 2 amide bonds. The van der Waals surface area contributed by atoms with Crippen molar-refractivity contribution in [2.75, 3.05) is 6.61 Å². The van der Waals surface area contributed by atoms with E-state index in [2.05, 4.69) is 10.6 Å². The Morgan fingerprint density at radius 3 is 2.81 bits per heavy atom. The van der Waals surface area contributed by atoms with Crippen LogP contribution in [0.3, 0.4) is 0 Å². The molecule has 1 aromatic rings. The average molecular weight is 512 g/mol. The first-order valence-electron chi connectivity index (χ1n) is 12.9. The largest absolute Gasteiger partial charge is 0.376 e. The van der Waals surface area contributed by atoms with Gasteiger partial charge < -0.3 is 25.4 Å². The molecule has 2 fully saturated rings. The van der Waals surface area contributed by atoms with Crippen molar-refractivity contribution in [3.8, 4) is 0 Å². The highest BCUT2D eigenvalue weighted by atomic mass is 19.3. The van der Waals surface area contributed by atoms with Gasteiger partial charge in [-0.2, -0.15) is 0 Å². The fourth-order valence-corrected chi connectivity index (χ4v) is 5.45. The highest BCUT2D eigenvalue weighted by Gasteiger charge is 2.41. The standard InChI is InChI=1S/C26H36F3N3O4/c1-3-26(28,29)11-10-15(2)30-19-5-4-12-36-21(19)13-16-6-7-17-18(23(16)27)14-32(25(17)35)20-8-9-22(33)31-24(20)34/h6-7,15,19-21,24,30,34H,3-5,8-14H2,1-2H3,(H,31,33)/t15?,19-,20+,21+,24?/m0/s1. The van der Waals surface area contributed by atoms with E-state index in [0.717, 1.165) is 12.8 Å². The summed E-state index contributed by atoms with van der Waals surface area (Å²) in [5.41, 5.74) is 0.993. The fourth-order valence-electron chi connectivity index (χ4n) is 5.45. The smallest absolute Gasteiger partial charge is 0.255 e. The lowest BCUT2D eigenvalue weighted by atomic mass is 9.93. The molecular formula is C26H36F3N3O4. The highest BCUT2D eigenvalue weighted by Crippen LogP contribution is 2.33. The van der Waals surface area contributed by atoms with Gasteiger partial charge in [0, 0.05) is 55.5 Å². The average Bonchev–Trinajstić information content (AvgIpc) is 3.17. The predicted octanol–water partition coefficient (Wildman–Crippen LogP) is 3.27. The Hall–Kier alpha value is -2.17. The van der Waals surface area contributed by atoms with Gasteiger partial charge in [-0.05, 0) is 44.2 Å². The minimum atomic E-state index is -2.67. The maximum absolute atomic E-state index is 15.6. The Morgan fingerprint density at radius 2 is 2.08 bits per heavy atom. The summed E-state index contributed by atoms with van der Waals surface area (Å²) in [7, 11) is 0. The zero-order chi connectivity index (χ0) is 26.0. The number of hydrogen-bond donors (Lipinski definition) is 3. The lowest BCUT2D eigenvalue weighted by Gasteiger charge is -2.35. The molecule has 5 atom stereocenters. The number of piperidine rings is 1. The number of benzene rings is 1. The Morgan fingerprint density at radius 1 is 1.31 bits per heavy atom. The van der Waals surface area contributed by atoms with E-state index >= 15 is 4.39 Å². The van der Waals surface area contributed by atoms with Crippen molar-refractivity contribution in [1.29, 1.82) is 0 Å². The van der Waals surface area contributed by atoms with Crippen molar-refractivity contribution in [3.05, 3.63) is 34.6 Å². The number of carbonyl (C=O) groups is 2. The van der Waals surface area contributed by atoms with Gasteiger partial charge in [0.05, 0.1) is 18.7 Å². The molecule has 0 bridgehead atoms. The molecule has 0 aliphatic carbocycles. The quantitative estimate of drug-likeness (QED) is 0.474. The molecule has 3 heterocycles. The van der Waals surface area contributed by atoms with Gasteiger partial charge in [0.1, 0.15) is 12.0 Å². The van der Waals surface area contributed by atoms with Gasteiger partial charge in [0.25, 0.3) is 5.91 Å². The van der Waals surface area contributed by atoms with Crippen LogP contribution in [-0.4, -0.2) is 64.8 Å². The molecule has 200 valence electrons. The molecule has 0 aromatic heterocycles. The number of rotatable bonds is 9. The molecule has 2 saturated heterocycles. The summed E-state index contributed by atoms with van der Waals surface area (Å²) >= 11 is 0. The number of aliphatic hydroxyl groups is 1. The molecule has 10 heteroatoms. The van der Waals surface area contributed by atoms with Crippen molar-refractivity contribution < 1.29 is 32.6 Å². The van der Waals surface area contributed by atoms with Gasteiger partial charge in [-0.15, -0.1) is 0 Å². The number of hydrogen-bond acceptors (Lipinski definition) is 5. The zero-order valence-corrected chi connectivity index (χ0v) is 20.9. The normalized spacial score (nSPS) is 27.7. The molecule has 4 rings (SSSR count). The van der Waals surface area contributed by atoms with Crippen molar-refractivity contribution in [1.82, 2.24) is 15.5 Å². The summed E-state index contributed by atoms with van der Waals surface area (Å²) in [5, 5.41) is 16.1. The highest BCUT2D eigenvalue weighted by molar-refractivity contribution is 5.99. The summed E-state index contributed by atoms with van der Waals surface area (Å²) in [6.45, 7) is 3.95. The molecule has 0 spiro atoms. The molecule has 2 unspecified atom stereocenters. The monoisotopic (exact) mass is 511 g/mol. The summed E-state index contributed by atoms with van der Waals surface area (Å²) in [5.74, 6) is -3.76.